The van der Waals surface area contributed by atoms with Crippen LogP contribution >= 0.6 is 23.1 Å². The second-order valence-electron chi connectivity index (χ2n) is 3.79. The van der Waals surface area contributed by atoms with Crippen molar-refractivity contribution in [3.8, 4) is 0 Å². The van der Waals surface area contributed by atoms with E-state index in [1.165, 1.54) is 4.88 Å². The zero-order chi connectivity index (χ0) is 13.8. The third kappa shape index (κ3) is 3.90. The number of carboxylic acids is 1. The number of amides is 1. The topological polar surface area (TPSA) is 91.1 Å². The Bertz CT molecular complexity index is 565. The number of aliphatic carboxylic acids is 1. The quantitative estimate of drug-likeness (QED) is 0.650. The molecule has 2 N–H and O–H groups in total. The van der Waals surface area contributed by atoms with Gasteiger partial charge in [-0.15, -0.1) is 16.4 Å². The molecule has 0 saturated carbocycles. The highest BCUT2D eigenvalue weighted by molar-refractivity contribution is 8.15. The normalized spacial score (nSPS) is 21.2. The molecule has 19 heavy (non-hydrogen) atoms. The summed E-state index contributed by atoms with van der Waals surface area (Å²) in [5, 5.41) is 18.6. The highest BCUT2D eigenvalue weighted by atomic mass is 32.2. The number of nitrogens with zero attached hydrogens (tertiary/aromatic N) is 2. The van der Waals surface area contributed by atoms with Gasteiger partial charge in [0, 0.05) is 9.75 Å². The summed E-state index contributed by atoms with van der Waals surface area (Å²) in [5.74, 6) is -1.35. The lowest BCUT2D eigenvalue weighted by Crippen LogP contribution is -2.26. The summed E-state index contributed by atoms with van der Waals surface area (Å²) in [5.41, 5.74) is 0. The predicted molar refractivity (Wildman–Crippen MR) is 75.9 cm³/mol. The lowest BCUT2D eigenvalue weighted by atomic mass is 10.3. The number of hydrogen-bond donors (Lipinski definition) is 2. The SMILES string of the molecule is Cc1ccc(C=N/N=C2/NC(=O)C(CC(=O)O)S2)s1. The maximum absolute atomic E-state index is 11.4. The molecule has 1 aliphatic heterocycles. The van der Waals surface area contributed by atoms with Gasteiger partial charge in [-0.3, -0.25) is 9.59 Å². The van der Waals surface area contributed by atoms with Crippen LogP contribution in [0.2, 0.25) is 0 Å². The Balaban J connectivity index is 1.96. The molecule has 0 aliphatic carbocycles. The molecule has 0 spiro atoms. The van der Waals surface area contributed by atoms with Crippen LogP contribution in [0.5, 0.6) is 0 Å². The Morgan fingerprint density at radius 3 is 3.00 bits per heavy atom. The molecule has 1 saturated heterocycles. The fraction of sp³-hybridized carbons (Fsp3) is 0.273. The summed E-state index contributed by atoms with van der Waals surface area (Å²) >= 11 is 2.67. The summed E-state index contributed by atoms with van der Waals surface area (Å²) < 4.78 is 0. The Morgan fingerprint density at radius 1 is 1.58 bits per heavy atom. The summed E-state index contributed by atoms with van der Waals surface area (Å²) in [7, 11) is 0. The van der Waals surface area contributed by atoms with E-state index in [1.807, 2.05) is 19.1 Å². The number of carbonyl (C=O) groups excluding carboxylic acids is 1. The van der Waals surface area contributed by atoms with Crippen LogP contribution < -0.4 is 5.32 Å². The zero-order valence-electron chi connectivity index (χ0n) is 9.99. The van der Waals surface area contributed by atoms with Gasteiger partial charge in [-0.25, -0.2) is 0 Å². The van der Waals surface area contributed by atoms with Crippen molar-refractivity contribution in [2.75, 3.05) is 0 Å². The number of aryl methyl sites for hydroxylation is 1. The standard InChI is InChI=1S/C11H11N3O3S2/c1-6-2-3-7(18-6)5-12-14-11-13-10(17)8(19-11)4-9(15)16/h2-3,5,8H,4H2,1H3,(H,15,16)(H,13,14,17). The second kappa shape index (κ2) is 5.98. The molecular weight excluding hydrogens is 286 g/mol. The van der Waals surface area contributed by atoms with E-state index in [1.54, 1.807) is 17.6 Å². The first-order valence-corrected chi connectivity index (χ1v) is 7.11. The van der Waals surface area contributed by atoms with Gasteiger partial charge < -0.3 is 10.4 Å². The third-order valence-corrected chi connectivity index (χ3v) is 4.24. The van der Waals surface area contributed by atoms with E-state index in [9.17, 15) is 9.59 Å². The third-order valence-electron chi connectivity index (χ3n) is 2.23. The molecule has 2 rings (SSSR count). The lowest BCUT2D eigenvalue weighted by molar-refractivity contribution is -0.138. The minimum atomic E-state index is -1.01. The first-order chi connectivity index (χ1) is 9.04. The van der Waals surface area contributed by atoms with Crippen LogP contribution in [0, 0.1) is 6.92 Å². The summed E-state index contributed by atoms with van der Waals surface area (Å²) in [6.45, 7) is 2.00. The molecule has 1 aromatic heterocycles. The zero-order valence-corrected chi connectivity index (χ0v) is 11.6. The first kappa shape index (κ1) is 13.8. The van der Waals surface area contributed by atoms with Crippen molar-refractivity contribution >= 4 is 46.4 Å². The van der Waals surface area contributed by atoms with Crippen LogP contribution in [-0.4, -0.2) is 33.6 Å². The molecular formula is C11H11N3O3S2. The molecule has 0 aromatic carbocycles. The second-order valence-corrected chi connectivity index (χ2v) is 6.30. The van der Waals surface area contributed by atoms with Gasteiger partial charge in [-0.2, -0.15) is 5.10 Å². The first-order valence-electron chi connectivity index (χ1n) is 5.41. The molecule has 1 aliphatic rings. The van der Waals surface area contributed by atoms with Crippen molar-refractivity contribution in [1.82, 2.24) is 5.32 Å². The van der Waals surface area contributed by atoms with Crippen LogP contribution in [0.4, 0.5) is 0 Å². The van der Waals surface area contributed by atoms with Gasteiger partial charge in [0.1, 0.15) is 5.25 Å². The van der Waals surface area contributed by atoms with Crippen molar-refractivity contribution in [3.05, 3.63) is 21.9 Å². The fourth-order valence-corrected chi connectivity index (χ4v) is 3.07. The smallest absolute Gasteiger partial charge is 0.305 e. The van der Waals surface area contributed by atoms with Gasteiger partial charge in [0.05, 0.1) is 12.6 Å². The highest BCUT2D eigenvalue weighted by Gasteiger charge is 2.32. The number of carboxylic acid groups (broad SMARTS) is 1. The Kier molecular flexibility index (Phi) is 4.33. The van der Waals surface area contributed by atoms with Crippen molar-refractivity contribution in [2.24, 2.45) is 10.2 Å². The van der Waals surface area contributed by atoms with Crippen LogP contribution in [0.15, 0.2) is 22.3 Å². The largest absolute Gasteiger partial charge is 0.481 e. The van der Waals surface area contributed by atoms with Crippen molar-refractivity contribution in [3.63, 3.8) is 0 Å². The summed E-state index contributed by atoms with van der Waals surface area (Å²) in [6, 6.07) is 3.91. The van der Waals surface area contributed by atoms with E-state index in [-0.39, 0.29) is 12.3 Å². The molecule has 100 valence electrons. The molecule has 2 heterocycles. The van der Waals surface area contributed by atoms with Gasteiger partial charge in [0.2, 0.25) is 5.91 Å². The van der Waals surface area contributed by atoms with Crippen LogP contribution in [0.1, 0.15) is 16.2 Å². The van der Waals surface area contributed by atoms with Crippen LogP contribution in [0.3, 0.4) is 0 Å². The summed E-state index contributed by atoms with van der Waals surface area (Å²) in [6.07, 6.45) is 1.38. The number of nitrogens with one attached hydrogen (secondary N) is 1. The number of amidine groups is 1. The molecule has 1 atom stereocenters. The average molecular weight is 297 g/mol. The monoisotopic (exact) mass is 297 g/mol. The van der Waals surface area contributed by atoms with Gasteiger partial charge in [0.25, 0.3) is 0 Å². The fourth-order valence-electron chi connectivity index (χ4n) is 1.41. The minimum absolute atomic E-state index is 0.219. The van der Waals surface area contributed by atoms with Crippen molar-refractivity contribution in [1.29, 1.82) is 0 Å². The molecule has 6 nitrogen and oxygen atoms in total. The minimum Gasteiger partial charge on any atom is -0.481 e. The van der Waals surface area contributed by atoms with Gasteiger partial charge in [-0.05, 0) is 19.1 Å². The van der Waals surface area contributed by atoms with E-state index in [0.717, 1.165) is 16.6 Å². The van der Waals surface area contributed by atoms with Crippen LogP contribution in [0.25, 0.3) is 0 Å². The number of thiophene rings is 1. The van der Waals surface area contributed by atoms with Crippen LogP contribution in [-0.2, 0) is 9.59 Å². The molecule has 0 bridgehead atoms. The van der Waals surface area contributed by atoms with Gasteiger partial charge in [0.15, 0.2) is 5.17 Å². The predicted octanol–water partition coefficient (Wildman–Crippen LogP) is 1.45. The molecule has 1 unspecified atom stereocenters. The summed E-state index contributed by atoms with van der Waals surface area (Å²) in [4.78, 5) is 24.1. The van der Waals surface area contributed by atoms with E-state index in [2.05, 4.69) is 15.5 Å². The average Bonchev–Trinajstić information content (AvgIpc) is 2.86. The Morgan fingerprint density at radius 2 is 2.37 bits per heavy atom. The van der Waals surface area contributed by atoms with E-state index in [4.69, 9.17) is 5.11 Å². The Labute approximate surface area is 117 Å². The number of thioether (sulfide) groups is 1. The van der Waals surface area contributed by atoms with Crippen molar-refractivity contribution < 1.29 is 14.7 Å². The van der Waals surface area contributed by atoms with E-state index in [0.29, 0.717) is 5.17 Å². The van der Waals surface area contributed by atoms with Gasteiger partial charge >= 0.3 is 5.97 Å². The maximum Gasteiger partial charge on any atom is 0.305 e. The molecule has 0 radical (unpaired) electrons. The molecule has 1 aromatic rings. The maximum atomic E-state index is 11.4. The van der Waals surface area contributed by atoms with E-state index >= 15 is 0 Å². The number of hydrogen-bond acceptors (Lipinski definition) is 6. The molecule has 1 fully saturated rings. The number of carbonyl (C=O) groups is 2. The lowest BCUT2D eigenvalue weighted by Gasteiger charge is -1.97. The molecule has 1 amide bonds. The number of rotatable bonds is 4. The van der Waals surface area contributed by atoms with Gasteiger partial charge in [-0.1, -0.05) is 11.8 Å². The highest BCUT2D eigenvalue weighted by Crippen LogP contribution is 2.22. The van der Waals surface area contributed by atoms with Crippen molar-refractivity contribution in [2.45, 2.75) is 18.6 Å². The Hall–Kier alpha value is -1.67. The molecule has 8 heteroatoms. The van der Waals surface area contributed by atoms with E-state index < -0.39 is 11.2 Å².